The van der Waals surface area contributed by atoms with Crippen LogP contribution in [-0.4, -0.2) is 72.5 Å². The van der Waals surface area contributed by atoms with Crippen LogP contribution in [0.25, 0.3) is 44.8 Å². The Balaban J connectivity index is 1.21. The Kier molecular flexibility index (Phi) is 6.70. The molecule has 0 radical (unpaired) electrons. The fourth-order valence-electron chi connectivity index (χ4n) is 7.46. The molecule has 3 unspecified atom stereocenters. The molecule has 10 heteroatoms. The molecule has 3 fully saturated rings. The molecule has 1 amide bonds. The summed E-state index contributed by atoms with van der Waals surface area (Å²) in [6.07, 6.45) is 3.54. The van der Waals surface area contributed by atoms with Crippen molar-refractivity contribution in [2.24, 2.45) is 24.6 Å². The molecule has 2 bridgehead atoms. The highest BCUT2D eigenvalue weighted by Crippen LogP contribution is 2.40. The number of rotatable bonds is 8. The average Bonchev–Trinajstić information content (AvgIpc) is 3.47. The van der Waals surface area contributed by atoms with Crippen LogP contribution < -0.4 is 10.5 Å². The number of nitrogens with two attached hydrogens (primary N) is 1. The van der Waals surface area contributed by atoms with Crippen LogP contribution in [-0.2, 0) is 13.6 Å². The third-order valence-electron chi connectivity index (χ3n) is 10.2. The zero-order chi connectivity index (χ0) is 31.0. The standard InChI is InChI=1S/C35H38N6O4/c1-39-32-26(13-24(15-30(32)45-2)35(44)41-17-23-10-12-27(41)31(23)36)38-34(39)28-14-22-9-11-25(37-33(22)40(28)16-19-3-4-19)20-5-7-21(8-6-20)29(43)18-42/h5-9,11,13-15,19,23,27,29,31,42-43H,3-4,10,12,16-18,36H2,1-2H3/t23?,27?,29?,31-/m1/s1. The summed E-state index contributed by atoms with van der Waals surface area (Å²) in [5.74, 6) is 2.37. The maximum Gasteiger partial charge on any atom is 0.254 e. The monoisotopic (exact) mass is 606 g/mol. The lowest BCUT2D eigenvalue weighted by Gasteiger charge is -2.27. The number of aliphatic hydroxyl groups is 2. The first-order chi connectivity index (χ1) is 21.8. The van der Waals surface area contributed by atoms with Gasteiger partial charge in [-0.05, 0) is 73.4 Å². The van der Waals surface area contributed by atoms with E-state index in [1.165, 1.54) is 12.8 Å². The molecule has 10 nitrogen and oxygen atoms in total. The van der Waals surface area contributed by atoms with E-state index in [4.69, 9.17) is 20.4 Å². The van der Waals surface area contributed by atoms with Gasteiger partial charge in [-0.2, -0.15) is 0 Å². The van der Waals surface area contributed by atoms with E-state index in [0.717, 1.165) is 58.7 Å². The number of fused-ring (bicyclic) bond motifs is 4. The number of pyridine rings is 1. The lowest BCUT2D eigenvalue weighted by atomic mass is 10.1. The largest absolute Gasteiger partial charge is 0.494 e. The van der Waals surface area contributed by atoms with Crippen molar-refractivity contribution < 1.29 is 19.7 Å². The number of amides is 1. The zero-order valence-electron chi connectivity index (χ0n) is 25.6. The molecule has 4 atom stereocenters. The Bertz CT molecular complexity index is 1940. The Hall–Kier alpha value is -4.25. The van der Waals surface area contributed by atoms with Crippen LogP contribution in [0.5, 0.6) is 5.75 Å². The number of hydrogen-bond donors (Lipinski definition) is 3. The Morgan fingerprint density at radius 2 is 1.87 bits per heavy atom. The van der Waals surface area contributed by atoms with Gasteiger partial charge < -0.3 is 34.7 Å². The third-order valence-corrected chi connectivity index (χ3v) is 10.2. The van der Waals surface area contributed by atoms with Gasteiger partial charge in [-0.25, -0.2) is 9.97 Å². The maximum absolute atomic E-state index is 13.7. The molecule has 232 valence electrons. The van der Waals surface area contributed by atoms with Gasteiger partial charge in [-0.15, -0.1) is 0 Å². The molecule has 1 aliphatic heterocycles. The van der Waals surface area contributed by atoms with Crippen molar-refractivity contribution in [3.05, 3.63) is 65.7 Å². The molecule has 3 aromatic heterocycles. The van der Waals surface area contributed by atoms with E-state index in [1.807, 2.05) is 54.4 Å². The van der Waals surface area contributed by atoms with E-state index in [1.54, 1.807) is 7.11 Å². The predicted molar refractivity (Wildman–Crippen MR) is 172 cm³/mol. The van der Waals surface area contributed by atoms with Gasteiger partial charge in [-0.3, -0.25) is 4.79 Å². The van der Waals surface area contributed by atoms with E-state index in [2.05, 4.69) is 21.3 Å². The second kappa shape index (κ2) is 10.7. The quantitative estimate of drug-likeness (QED) is 0.241. The fraction of sp³-hybridized carbons (Fsp3) is 0.400. The first kappa shape index (κ1) is 28.2. The van der Waals surface area contributed by atoms with E-state index in [-0.39, 0.29) is 24.6 Å². The highest BCUT2D eigenvalue weighted by Gasteiger charge is 2.47. The molecule has 0 spiro atoms. The van der Waals surface area contributed by atoms with Gasteiger partial charge in [0.25, 0.3) is 5.91 Å². The highest BCUT2D eigenvalue weighted by molar-refractivity contribution is 6.00. The van der Waals surface area contributed by atoms with Crippen molar-refractivity contribution in [2.75, 3.05) is 20.3 Å². The van der Waals surface area contributed by atoms with Crippen molar-refractivity contribution in [3.8, 4) is 28.5 Å². The number of likely N-dealkylation sites (tertiary alicyclic amines) is 1. The number of carbonyl (C=O) groups is 1. The molecule has 2 saturated carbocycles. The number of hydrogen-bond acceptors (Lipinski definition) is 7. The smallest absolute Gasteiger partial charge is 0.254 e. The molecule has 8 rings (SSSR count). The summed E-state index contributed by atoms with van der Waals surface area (Å²) in [5, 5.41) is 20.3. The molecule has 3 aliphatic rings. The van der Waals surface area contributed by atoms with E-state index >= 15 is 0 Å². The summed E-state index contributed by atoms with van der Waals surface area (Å²) in [6.45, 7) is 1.24. The first-order valence-corrected chi connectivity index (χ1v) is 15.9. The van der Waals surface area contributed by atoms with Crippen molar-refractivity contribution >= 4 is 28.0 Å². The van der Waals surface area contributed by atoms with Crippen molar-refractivity contribution in [1.29, 1.82) is 0 Å². The van der Waals surface area contributed by atoms with Crippen LogP contribution in [0.4, 0.5) is 0 Å². The van der Waals surface area contributed by atoms with Crippen LogP contribution >= 0.6 is 0 Å². The average molecular weight is 607 g/mol. The van der Waals surface area contributed by atoms with Crippen LogP contribution in [0.1, 0.15) is 47.7 Å². The number of piperidine rings is 1. The van der Waals surface area contributed by atoms with Crippen LogP contribution in [0, 0.1) is 11.8 Å². The van der Waals surface area contributed by atoms with Crippen LogP contribution in [0.15, 0.2) is 54.6 Å². The van der Waals surface area contributed by atoms with Gasteiger partial charge in [0.1, 0.15) is 23.0 Å². The normalized spacial score (nSPS) is 21.7. The summed E-state index contributed by atoms with van der Waals surface area (Å²) in [7, 11) is 3.63. The van der Waals surface area contributed by atoms with E-state index in [9.17, 15) is 15.0 Å². The molecular weight excluding hydrogens is 568 g/mol. The van der Waals surface area contributed by atoms with Crippen molar-refractivity contribution in [3.63, 3.8) is 0 Å². The summed E-state index contributed by atoms with van der Waals surface area (Å²) in [5.41, 5.74) is 12.8. The van der Waals surface area contributed by atoms with E-state index in [0.29, 0.717) is 40.8 Å². The minimum atomic E-state index is -0.900. The molecule has 5 aromatic rings. The molecule has 2 aromatic carbocycles. The van der Waals surface area contributed by atoms with E-state index < -0.39 is 6.10 Å². The summed E-state index contributed by atoms with van der Waals surface area (Å²) < 4.78 is 10.2. The number of methoxy groups -OCH3 is 1. The van der Waals surface area contributed by atoms with Crippen molar-refractivity contribution in [1.82, 2.24) is 24.0 Å². The van der Waals surface area contributed by atoms with Crippen LogP contribution in [0.3, 0.4) is 0 Å². The molecule has 2 aliphatic carbocycles. The number of benzene rings is 2. The first-order valence-electron chi connectivity index (χ1n) is 15.9. The molecule has 45 heavy (non-hydrogen) atoms. The molecule has 4 N–H and O–H groups in total. The molecule has 4 heterocycles. The van der Waals surface area contributed by atoms with Crippen molar-refractivity contribution in [2.45, 2.75) is 50.4 Å². The number of carbonyl (C=O) groups excluding carboxylic acids is 1. The van der Waals surface area contributed by atoms with Gasteiger partial charge in [0.15, 0.2) is 5.82 Å². The highest BCUT2D eigenvalue weighted by atomic mass is 16.5. The number of aryl methyl sites for hydroxylation is 1. The van der Waals surface area contributed by atoms with Crippen LogP contribution in [0.2, 0.25) is 0 Å². The molecule has 1 saturated heterocycles. The Morgan fingerprint density at radius 3 is 2.53 bits per heavy atom. The predicted octanol–water partition coefficient (Wildman–Crippen LogP) is 4.26. The minimum absolute atomic E-state index is 0.0106. The number of aromatic nitrogens is 4. The summed E-state index contributed by atoms with van der Waals surface area (Å²) >= 11 is 0. The lowest BCUT2D eigenvalue weighted by Crippen LogP contribution is -2.41. The Morgan fingerprint density at radius 1 is 1.07 bits per heavy atom. The Labute approximate surface area is 261 Å². The zero-order valence-corrected chi connectivity index (χ0v) is 25.6. The fourth-order valence-corrected chi connectivity index (χ4v) is 7.46. The SMILES string of the molecule is COc1cc(C(=O)N2CC3CCC2[C@@H]3N)cc2nc(-c3cc4ccc(-c5ccc(C(O)CO)cc5)nc4n3CC3CC3)n(C)c12. The maximum atomic E-state index is 13.7. The van der Waals surface area contributed by atoms with Gasteiger partial charge in [0.2, 0.25) is 0 Å². The number of imidazole rings is 1. The van der Waals surface area contributed by atoms with Gasteiger partial charge in [-0.1, -0.05) is 24.3 Å². The second-order valence-electron chi connectivity index (χ2n) is 13.0. The van der Waals surface area contributed by atoms with Gasteiger partial charge in [0.05, 0.1) is 30.6 Å². The third kappa shape index (κ3) is 4.62. The second-order valence-corrected chi connectivity index (χ2v) is 13.0. The van der Waals surface area contributed by atoms with Gasteiger partial charge >= 0.3 is 0 Å². The number of nitrogens with zero attached hydrogens (tertiary/aromatic N) is 5. The lowest BCUT2D eigenvalue weighted by molar-refractivity contribution is 0.0700. The topological polar surface area (TPSA) is 132 Å². The summed E-state index contributed by atoms with van der Waals surface area (Å²) in [4.78, 5) is 25.9. The van der Waals surface area contributed by atoms with Gasteiger partial charge in [0, 0.05) is 48.7 Å². The number of ether oxygens (including phenoxy) is 1. The molecular formula is C35H38N6O4. The minimum Gasteiger partial charge on any atom is -0.494 e. The number of aliphatic hydroxyl groups excluding tert-OH is 2. The summed E-state index contributed by atoms with van der Waals surface area (Å²) in [6, 6.07) is 17.6.